The maximum Gasteiger partial charge on any atom is 0.223 e. The van der Waals surface area contributed by atoms with Crippen LogP contribution in [0.5, 0.6) is 0 Å². The molecule has 1 rings (SSSR count). The number of hydrogen-bond donors (Lipinski definition) is 0. The first-order valence-corrected chi connectivity index (χ1v) is 3.29. The lowest BCUT2D eigenvalue weighted by molar-refractivity contribution is 0.352. The molecule has 0 aromatic rings. The van der Waals surface area contributed by atoms with Gasteiger partial charge >= 0.3 is 0 Å². The largest absolute Gasteiger partial charge is 0.279 e. The lowest BCUT2D eigenvalue weighted by atomic mass is 10.0. The van der Waals surface area contributed by atoms with Crippen molar-refractivity contribution in [2.45, 2.75) is 18.4 Å². The second kappa shape index (κ2) is 2.48. The second-order valence-corrected chi connectivity index (χ2v) is 2.44. The van der Waals surface area contributed by atoms with E-state index in [1.165, 1.54) is 4.90 Å². The summed E-state index contributed by atoms with van der Waals surface area (Å²) in [5, 5.41) is 25.8. The monoisotopic (exact) mass is 146 g/mol. The molecule has 54 valence electrons. The Labute approximate surface area is 64.9 Å². The second-order valence-electron chi connectivity index (χ2n) is 2.44. The molecule has 0 N–H and O–H groups in total. The molecular formula is C7H6N4. The Morgan fingerprint density at radius 2 is 1.82 bits per heavy atom. The molecule has 1 aliphatic rings. The van der Waals surface area contributed by atoms with Gasteiger partial charge in [0.1, 0.15) is 12.1 Å². The molecule has 4 nitrogen and oxygen atoms in total. The summed E-state index contributed by atoms with van der Waals surface area (Å²) in [4.78, 5) is 1.24. The van der Waals surface area contributed by atoms with Gasteiger partial charge in [-0.2, -0.15) is 15.8 Å². The van der Waals surface area contributed by atoms with E-state index in [1.54, 1.807) is 0 Å². The number of hydrogen-bond acceptors (Lipinski definition) is 4. The zero-order valence-corrected chi connectivity index (χ0v) is 5.91. The van der Waals surface area contributed by atoms with E-state index >= 15 is 0 Å². The van der Waals surface area contributed by atoms with Crippen LogP contribution in [0.4, 0.5) is 0 Å². The van der Waals surface area contributed by atoms with Gasteiger partial charge in [0.05, 0.1) is 0 Å². The van der Waals surface area contributed by atoms with Crippen molar-refractivity contribution in [2.24, 2.45) is 0 Å². The molecular weight excluding hydrogens is 140 g/mol. The molecule has 0 radical (unpaired) electrons. The van der Waals surface area contributed by atoms with Crippen LogP contribution in [-0.2, 0) is 0 Å². The fourth-order valence-electron chi connectivity index (χ4n) is 1.21. The number of likely N-dealkylation sites (tertiary alicyclic amines) is 1. The van der Waals surface area contributed by atoms with Crippen LogP contribution in [0.3, 0.4) is 0 Å². The van der Waals surface area contributed by atoms with Crippen molar-refractivity contribution in [1.29, 1.82) is 15.8 Å². The van der Waals surface area contributed by atoms with Crippen LogP contribution >= 0.6 is 0 Å². The van der Waals surface area contributed by atoms with E-state index in [-0.39, 0.29) is 0 Å². The summed E-state index contributed by atoms with van der Waals surface area (Å²) in [6.45, 7) is 0.525. The quantitative estimate of drug-likeness (QED) is 0.462. The predicted octanol–water partition coefficient (Wildman–Crippen LogP) is 0.349. The zero-order valence-electron chi connectivity index (χ0n) is 5.91. The van der Waals surface area contributed by atoms with Gasteiger partial charge in [-0.3, -0.25) is 4.90 Å². The molecule has 1 fully saturated rings. The van der Waals surface area contributed by atoms with E-state index < -0.39 is 5.54 Å². The number of rotatable bonds is 0. The van der Waals surface area contributed by atoms with Crippen molar-refractivity contribution in [1.82, 2.24) is 4.90 Å². The van der Waals surface area contributed by atoms with Crippen molar-refractivity contribution in [3.8, 4) is 18.3 Å². The normalized spacial score (nSPS) is 19.9. The molecule has 0 atom stereocenters. The Morgan fingerprint density at radius 3 is 2.18 bits per heavy atom. The number of nitriles is 3. The summed E-state index contributed by atoms with van der Waals surface area (Å²) in [7, 11) is 0. The third kappa shape index (κ3) is 0.876. The van der Waals surface area contributed by atoms with Crippen LogP contribution in [-0.4, -0.2) is 17.0 Å². The minimum atomic E-state index is -1.17. The molecule has 4 heteroatoms. The Hall–Kier alpha value is -1.73. The van der Waals surface area contributed by atoms with Crippen LogP contribution < -0.4 is 0 Å². The van der Waals surface area contributed by atoms with E-state index in [9.17, 15) is 0 Å². The highest BCUT2D eigenvalue weighted by Gasteiger charge is 2.41. The van der Waals surface area contributed by atoms with Crippen molar-refractivity contribution < 1.29 is 0 Å². The van der Waals surface area contributed by atoms with Crippen LogP contribution in [0.2, 0.25) is 0 Å². The SMILES string of the molecule is N#CN1CCCC1(C#N)C#N. The molecule has 0 aromatic heterocycles. The van der Waals surface area contributed by atoms with Crippen LogP contribution in [0, 0.1) is 34.1 Å². The van der Waals surface area contributed by atoms with E-state index in [4.69, 9.17) is 15.8 Å². The maximum atomic E-state index is 8.65. The molecule has 1 aliphatic heterocycles. The van der Waals surface area contributed by atoms with Gasteiger partial charge in [0.2, 0.25) is 5.54 Å². The van der Waals surface area contributed by atoms with Gasteiger partial charge in [-0.1, -0.05) is 0 Å². The summed E-state index contributed by atoms with van der Waals surface area (Å²) >= 11 is 0. The van der Waals surface area contributed by atoms with Crippen molar-refractivity contribution in [3.05, 3.63) is 0 Å². The van der Waals surface area contributed by atoms with Gasteiger partial charge in [-0.05, 0) is 6.42 Å². The van der Waals surface area contributed by atoms with E-state index in [0.717, 1.165) is 6.42 Å². The lowest BCUT2D eigenvalue weighted by Gasteiger charge is -2.18. The van der Waals surface area contributed by atoms with Crippen molar-refractivity contribution in [3.63, 3.8) is 0 Å². The molecule has 0 unspecified atom stereocenters. The van der Waals surface area contributed by atoms with Gasteiger partial charge < -0.3 is 0 Å². The topological polar surface area (TPSA) is 74.6 Å². The van der Waals surface area contributed by atoms with E-state index in [0.29, 0.717) is 13.0 Å². The minimum Gasteiger partial charge on any atom is -0.279 e. The Balaban J connectivity index is 2.96. The molecule has 0 spiro atoms. The molecule has 1 saturated heterocycles. The standard InChI is InChI=1S/C7H6N4/c8-4-7(5-9)2-1-3-11(7)6-10/h1-3H2. The van der Waals surface area contributed by atoms with Gasteiger partial charge in [0, 0.05) is 13.0 Å². The first kappa shape index (κ1) is 7.38. The fourth-order valence-corrected chi connectivity index (χ4v) is 1.21. The van der Waals surface area contributed by atoms with Crippen LogP contribution in [0.25, 0.3) is 0 Å². The van der Waals surface area contributed by atoms with Crippen LogP contribution in [0.1, 0.15) is 12.8 Å². The average molecular weight is 146 g/mol. The highest BCUT2D eigenvalue weighted by molar-refractivity contribution is 5.26. The molecule has 11 heavy (non-hydrogen) atoms. The average Bonchev–Trinajstić information content (AvgIpc) is 2.47. The van der Waals surface area contributed by atoms with Gasteiger partial charge in [-0.15, -0.1) is 0 Å². The van der Waals surface area contributed by atoms with Gasteiger partial charge in [0.15, 0.2) is 6.19 Å². The third-order valence-electron chi connectivity index (χ3n) is 1.87. The Morgan fingerprint density at radius 1 is 1.18 bits per heavy atom. The lowest BCUT2D eigenvalue weighted by Crippen LogP contribution is -2.37. The number of nitrogens with zero attached hydrogens (tertiary/aromatic N) is 4. The van der Waals surface area contributed by atoms with E-state index in [1.807, 2.05) is 18.3 Å². The smallest absolute Gasteiger partial charge is 0.223 e. The third-order valence-corrected chi connectivity index (χ3v) is 1.87. The van der Waals surface area contributed by atoms with Gasteiger partial charge in [0.25, 0.3) is 0 Å². The predicted molar refractivity (Wildman–Crippen MR) is 35.5 cm³/mol. The first-order valence-electron chi connectivity index (χ1n) is 3.29. The Kier molecular flexibility index (Phi) is 1.66. The fraction of sp³-hybridized carbons (Fsp3) is 0.571. The van der Waals surface area contributed by atoms with E-state index in [2.05, 4.69) is 0 Å². The summed E-state index contributed by atoms with van der Waals surface area (Å²) in [5.41, 5.74) is -1.17. The molecule has 0 aliphatic carbocycles. The molecule has 0 saturated carbocycles. The summed E-state index contributed by atoms with van der Waals surface area (Å²) in [6.07, 6.45) is 3.07. The molecule has 0 bridgehead atoms. The highest BCUT2D eigenvalue weighted by atomic mass is 15.2. The summed E-state index contributed by atoms with van der Waals surface area (Å²) in [6, 6.07) is 3.74. The molecule has 0 aromatic carbocycles. The first-order chi connectivity index (χ1) is 5.29. The van der Waals surface area contributed by atoms with Gasteiger partial charge in [-0.25, -0.2) is 0 Å². The van der Waals surface area contributed by atoms with Crippen LogP contribution in [0.15, 0.2) is 0 Å². The van der Waals surface area contributed by atoms with Crippen molar-refractivity contribution >= 4 is 0 Å². The maximum absolute atomic E-state index is 8.65. The molecule has 1 heterocycles. The molecule has 0 amide bonds. The zero-order chi connectivity index (χ0) is 8.32. The summed E-state index contributed by atoms with van der Waals surface area (Å²) in [5.74, 6) is 0. The van der Waals surface area contributed by atoms with Crippen molar-refractivity contribution in [2.75, 3.05) is 6.54 Å². The summed E-state index contributed by atoms with van der Waals surface area (Å²) < 4.78 is 0. The Bertz CT molecular complexity index is 260. The highest BCUT2D eigenvalue weighted by Crippen LogP contribution is 2.26. The minimum absolute atomic E-state index is 0.480.